The third kappa shape index (κ3) is 3.63. The largest absolute Gasteiger partial charge is 0.496 e. The average molecular weight is 252 g/mol. The van der Waals surface area contributed by atoms with Crippen LogP contribution in [0.2, 0.25) is 0 Å². The van der Waals surface area contributed by atoms with Crippen LogP contribution in [0.1, 0.15) is 17.5 Å². The Balaban J connectivity index is 2.83. The zero-order valence-electron chi connectivity index (χ0n) is 11.1. The lowest BCUT2D eigenvalue weighted by atomic mass is 10.1. The zero-order valence-corrected chi connectivity index (χ0v) is 11.1. The van der Waals surface area contributed by atoms with Gasteiger partial charge in [0.15, 0.2) is 0 Å². The van der Waals surface area contributed by atoms with E-state index in [1.807, 2.05) is 19.1 Å². The molecular weight excluding hydrogens is 232 g/mol. The van der Waals surface area contributed by atoms with E-state index < -0.39 is 0 Å². The zero-order chi connectivity index (χ0) is 13.5. The highest BCUT2D eigenvalue weighted by molar-refractivity contribution is 5.76. The molecule has 0 saturated carbocycles. The minimum atomic E-state index is -0.0703. The van der Waals surface area contributed by atoms with Crippen LogP contribution in [0.5, 0.6) is 11.5 Å². The molecule has 0 fully saturated rings. The Morgan fingerprint density at radius 3 is 2.50 bits per heavy atom. The molecule has 0 bridgehead atoms. The molecule has 3 N–H and O–H groups in total. The van der Waals surface area contributed by atoms with Crippen LogP contribution in [0.3, 0.4) is 0 Å². The summed E-state index contributed by atoms with van der Waals surface area (Å²) >= 11 is 0. The summed E-state index contributed by atoms with van der Waals surface area (Å²) in [5, 5.41) is 2.79. The van der Waals surface area contributed by atoms with E-state index in [2.05, 4.69) is 5.32 Å². The summed E-state index contributed by atoms with van der Waals surface area (Å²) in [7, 11) is 3.22. The van der Waals surface area contributed by atoms with Gasteiger partial charge in [-0.05, 0) is 24.6 Å². The van der Waals surface area contributed by atoms with Gasteiger partial charge in [-0.3, -0.25) is 4.79 Å². The van der Waals surface area contributed by atoms with Crippen LogP contribution in [0.4, 0.5) is 0 Å². The number of hydrogen-bond donors (Lipinski definition) is 2. The molecule has 0 aliphatic heterocycles. The van der Waals surface area contributed by atoms with Crippen LogP contribution in [0.25, 0.3) is 0 Å². The summed E-state index contributed by atoms with van der Waals surface area (Å²) in [6.45, 7) is 2.69. The second kappa shape index (κ2) is 6.86. The summed E-state index contributed by atoms with van der Waals surface area (Å²) in [6.07, 6.45) is 0.325. The fraction of sp³-hybridized carbons (Fsp3) is 0.462. The van der Waals surface area contributed by atoms with Crippen LogP contribution in [0.15, 0.2) is 12.1 Å². The molecular formula is C13H20N2O3. The van der Waals surface area contributed by atoms with Gasteiger partial charge in [0.2, 0.25) is 5.91 Å². The normalized spacial score (nSPS) is 10.0. The number of aryl methyl sites for hydroxylation is 1. The molecule has 1 rings (SSSR count). The van der Waals surface area contributed by atoms with Gasteiger partial charge in [-0.25, -0.2) is 0 Å². The Morgan fingerprint density at radius 2 is 1.94 bits per heavy atom. The van der Waals surface area contributed by atoms with Gasteiger partial charge in [0.25, 0.3) is 0 Å². The van der Waals surface area contributed by atoms with Crippen molar-refractivity contribution in [3.05, 3.63) is 23.3 Å². The second-order valence-corrected chi connectivity index (χ2v) is 3.95. The van der Waals surface area contributed by atoms with Gasteiger partial charge < -0.3 is 20.5 Å². The maximum Gasteiger partial charge on any atom is 0.221 e. The molecule has 0 saturated heterocycles. The van der Waals surface area contributed by atoms with Crippen molar-refractivity contribution in [3.63, 3.8) is 0 Å². The van der Waals surface area contributed by atoms with Crippen molar-refractivity contribution in [2.45, 2.75) is 19.9 Å². The molecule has 100 valence electrons. The standard InChI is InChI=1S/C13H20N2O3/c1-9-6-12(18-3)10(7-11(9)17-2)8-15-13(16)4-5-14/h6-7H,4-5,8,14H2,1-3H3,(H,15,16). The summed E-state index contributed by atoms with van der Waals surface area (Å²) in [5.41, 5.74) is 7.19. The lowest BCUT2D eigenvalue weighted by Gasteiger charge is -2.13. The predicted molar refractivity (Wildman–Crippen MR) is 69.8 cm³/mol. The van der Waals surface area contributed by atoms with Crippen molar-refractivity contribution in [1.82, 2.24) is 5.32 Å². The molecule has 1 amide bonds. The maximum absolute atomic E-state index is 11.4. The van der Waals surface area contributed by atoms with Crippen LogP contribution in [-0.2, 0) is 11.3 Å². The minimum Gasteiger partial charge on any atom is -0.496 e. The van der Waals surface area contributed by atoms with E-state index >= 15 is 0 Å². The van der Waals surface area contributed by atoms with E-state index in [-0.39, 0.29) is 5.91 Å². The first-order valence-electron chi connectivity index (χ1n) is 5.80. The van der Waals surface area contributed by atoms with Crippen molar-refractivity contribution in [2.24, 2.45) is 5.73 Å². The van der Waals surface area contributed by atoms with E-state index in [1.165, 1.54) is 0 Å². The number of methoxy groups -OCH3 is 2. The van der Waals surface area contributed by atoms with Gasteiger partial charge in [0, 0.05) is 25.1 Å². The summed E-state index contributed by atoms with van der Waals surface area (Å²) < 4.78 is 10.5. The Hall–Kier alpha value is -1.75. The molecule has 0 spiro atoms. The van der Waals surface area contributed by atoms with Crippen molar-refractivity contribution >= 4 is 5.91 Å². The average Bonchev–Trinajstić information content (AvgIpc) is 2.37. The number of carbonyl (C=O) groups excluding carboxylic acids is 1. The van der Waals surface area contributed by atoms with Crippen LogP contribution in [-0.4, -0.2) is 26.7 Å². The lowest BCUT2D eigenvalue weighted by Crippen LogP contribution is -2.25. The predicted octanol–water partition coefficient (Wildman–Crippen LogP) is 0.977. The Bertz CT molecular complexity index is 419. The van der Waals surface area contributed by atoms with Crippen molar-refractivity contribution < 1.29 is 14.3 Å². The summed E-state index contributed by atoms with van der Waals surface area (Å²) in [6, 6.07) is 3.76. The highest BCUT2D eigenvalue weighted by Gasteiger charge is 2.09. The van der Waals surface area contributed by atoms with Gasteiger partial charge >= 0.3 is 0 Å². The minimum absolute atomic E-state index is 0.0703. The summed E-state index contributed by atoms with van der Waals surface area (Å²) in [4.78, 5) is 11.4. The number of carbonyl (C=O) groups is 1. The highest BCUT2D eigenvalue weighted by Crippen LogP contribution is 2.28. The smallest absolute Gasteiger partial charge is 0.221 e. The Kier molecular flexibility index (Phi) is 5.45. The SMILES string of the molecule is COc1cc(CNC(=O)CCN)c(OC)cc1C. The number of amides is 1. The van der Waals surface area contributed by atoms with E-state index in [0.29, 0.717) is 19.5 Å². The van der Waals surface area contributed by atoms with Crippen molar-refractivity contribution in [1.29, 1.82) is 0 Å². The maximum atomic E-state index is 11.4. The second-order valence-electron chi connectivity index (χ2n) is 3.95. The quantitative estimate of drug-likeness (QED) is 0.791. The topological polar surface area (TPSA) is 73.6 Å². The van der Waals surface area contributed by atoms with Gasteiger partial charge in [0.05, 0.1) is 14.2 Å². The Labute approximate surface area is 107 Å². The number of benzene rings is 1. The van der Waals surface area contributed by atoms with Gasteiger partial charge in [-0.15, -0.1) is 0 Å². The first kappa shape index (κ1) is 14.3. The molecule has 5 nitrogen and oxygen atoms in total. The third-order valence-corrected chi connectivity index (χ3v) is 2.65. The molecule has 1 aromatic rings. The molecule has 0 aliphatic rings. The highest BCUT2D eigenvalue weighted by atomic mass is 16.5. The summed E-state index contributed by atoms with van der Waals surface area (Å²) in [5.74, 6) is 1.44. The molecule has 1 aromatic carbocycles. The number of rotatable bonds is 6. The fourth-order valence-corrected chi connectivity index (χ4v) is 1.67. The first-order valence-corrected chi connectivity index (χ1v) is 5.80. The van der Waals surface area contributed by atoms with Gasteiger partial charge in [-0.2, -0.15) is 0 Å². The van der Waals surface area contributed by atoms with Gasteiger partial charge in [-0.1, -0.05) is 0 Å². The van der Waals surface area contributed by atoms with Crippen LogP contribution in [0, 0.1) is 6.92 Å². The molecule has 0 heterocycles. The van der Waals surface area contributed by atoms with Gasteiger partial charge in [0.1, 0.15) is 11.5 Å². The fourth-order valence-electron chi connectivity index (χ4n) is 1.67. The third-order valence-electron chi connectivity index (χ3n) is 2.65. The molecule has 0 aromatic heterocycles. The molecule has 5 heteroatoms. The lowest BCUT2D eigenvalue weighted by molar-refractivity contribution is -0.121. The number of nitrogens with one attached hydrogen (secondary N) is 1. The van der Waals surface area contributed by atoms with E-state index in [4.69, 9.17) is 15.2 Å². The van der Waals surface area contributed by atoms with E-state index in [9.17, 15) is 4.79 Å². The number of hydrogen-bond acceptors (Lipinski definition) is 4. The Morgan fingerprint density at radius 1 is 1.28 bits per heavy atom. The van der Waals surface area contributed by atoms with Crippen molar-refractivity contribution in [2.75, 3.05) is 20.8 Å². The molecule has 0 atom stereocenters. The monoisotopic (exact) mass is 252 g/mol. The number of nitrogens with two attached hydrogens (primary N) is 1. The molecule has 0 aliphatic carbocycles. The molecule has 0 unspecified atom stereocenters. The number of ether oxygens (including phenoxy) is 2. The van der Waals surface area contributed by atoms with Crippen LogP contribution >= 0.6 is 0 Å². The first-order chi connectivity index (χ1) is 8.62. The van der Waals surface area contributed by atoms with E-state index in [1.54, 1.807) is 14.2 Å². The van der Waals surface area contributed by atoms with Crippen molar-refractivity contribution in [3.8, 4) is 11.5 Å². The van der Waals surface area contributed by atoms with Crippen LogP contribution < -0.4 is 20.5 Å². The van der Waals surface area contributed by atoms with E-state index in [0.717, 1.165) is 22.6 Å². The molecule has 0 radical (unpaired) electrons. The molecule has 18 heavy (non-hydrogen) atoms.